The number of aromatic hydroxyl groups is 3. The fourth-order valence-corrected chi connectivity index (χ4v) is 2.44. The lowest BCUT2D eigenvalue weighted by atomic mass is 9.97. The van der Waals surface area contributed by atoms with Crippen LogP contribution in [0.4, 0.5) is 0 Å². The molecule has 1 atom stereocenters. The van der Waals surface area contributed by atoms with Gasteiger partial charge in [-0.1, -0.05) is 11.6 Å². The molecule has 3 rings (SSSR count). The first-order valence-electron chi connectivity index (χ1n) is 6.66. The van der Waals surface area contributed by atoms with Crippen molar-refractivity contribution in [2.45, 2.75) is 6.04 Å². The Hall–Kier alpha value is -2.93. The zero-order valence-corrected chi connectivity index (χ0v) is 12.5. The highest BCUT2D eigenvalue weighted by molar-refractivity contribution is 6.30. The van der Waals surface area contributed by atoms with E-state index in [2.05, 4.69) is 15.6 Å². The molecule has 1 heterocycles. The van der Waals surface area contributed by atoms with Gasteiger partial charge in [0.25, 0.3) is 0 Å². The van der Waals surface area contributed by atoms with E-state index < -0.39 is 6.04 Å². The Kier molecular flexibility index (Phi) is 3.94. The molecule has 0 amide bonds. The summed E-state index contributed by atoms with van der Waals surface area (Å²) in [5, 5.41) is 37.6. The van der Waals surface area contributed by atoms with Crippen LogP contribution >= 0.6 is 11.6 Å². The monoisotopic (exact) mass is 332 g/mol. The van der Waals surface area contributed by atoms with E-state index in [9.17, 15) is 15.3 Å². The van der Waals surface area contributed by atoms with Crippen LogP contribution in [-0.2, 0) is 0 Å². The number of aromatic nitrogens is 3. The summed E-state index contributed by atoms with van der Waals surface area (Å²) in [6, 6.07) is 8.18. The van der Waals surface area contributed by atoms with Gasteiger partial charge in [-0.05, 0) is 30.3 Å². The lowest BCUT2D eigenvalue weighted by Gasteiger charge is -2.22. The minimum Gasteiger partial charge on any atom is -0.508 e. The number of benzene rings is 2. The molecule has 0 saturated heterocycles. The summed E-state index contributed by atoms with van der Waals surface area (Å²) in [4.78, 5) is 0. The Bertz CT molecular complexity index is 824. The number of nitrogens with zero attached hydrogens (tertiary/aromatic N) is 3. The number of hydrogen-bond acceptors (Lipinski definition) is 6. The van der Waals surface area contributed by atoms with Gasteiger partial charge in [0, 0.05) is 22.2 Å². The molecule has 1 aromatic heterocycles. The topological polar surface area (TPSA) is 103 Å². The van der Waals surface area contributed by atoms with Gasteiger partial charge in [-0.3, -0.25) is 0 Å². The number of phenolic OH excluding ortho intramolecular Hbond substituents is 3. The van der Waals surface area contributed by atoms with E-state index in [1.54, 1.807) is 18.2 Å². The Morgan fingerprint density at radius 1 is 0.913 bits per heavy atom. The summed E-state index contributed by atoms with van der Waals surface area (Å²) < 4.78 is 1.48. The van der Waals surface area contributed by atoms with Gasteiger partial charge in [0.2, 0.25) is 0 Å². The van der Waals surface area contributed by atoms with E-state index in [-0.39, 0.29) is 17.2 Å². The Labute approximate surface area is 136 Å². The predicted molar refractivity (Wildman–Crippen MR) is 84.1 cm³/mol. The first kappa shape index (κ1) is 15.0. The highest BCUT2D eigenvalue weighted by Crippen LogP contribution is 2.37. The molecular formula is C15H13ClN4O3. The van der Waals surface area contributed by atoms with Crippen molar-refractivity contribution >= 4 is 11.6 Å². The van der Waals surface area contributed by atoms with Crippen LogP contribution in [0.25, 0.3) is 0 Å². The molecule has 4 N–H and O–H groups in total. The van der Waals surface area contributed by atoms with E-state index in [1.807, 2.05) is 0 Å². The van der Waals surface area contributed by atoms with Gasteiger partial charge in [-0.15, -0.1) is 10.2 Å². The molecule has 0 aliphatic heterocycles. The van der Waals surface area contributed by atoms with Crippen LogP contribution in [0.15, 0.2) is 49.1 Å². The summed E-state index contributed by atoms with van der Waals surface area (Å²) in [5.74, 6) is -0.188. The zero-order chi connectivity index (χ0) is 16.4. The van der Waals surface area contributed by atoms with Crippen LogP contribution in [-0.4, -0.2) is 30.2 Å². The van der Waals surface area contributed by atoms with Gasteiger partial charge in [-0.25, -0.2) is 4.68 Å². The Morgan fingerprint density at radius 3 is 2.35 bits per heavy atom. The Balaban J connectivity index is 2.11. The predicted octanol–water partition coefficient (Wildman–Crippen LogP) is 2.38. The second-order valence-corrected chi connectivity index (χ2v) is 5.31. The third-order valence-electron chi connectivity index (χ3n) is 3.32. The Morgan fingerprint density at radius 2 is 1.65 bits per heavy atom. The molecular weight excluding hydrogens is 320 g/mol. The fourth-order valence-electron chi connectivity index (χ4n) is 2.26. The molecule has 0 fully saturated rings. The largest absolute Gasteiger partial charge is 0.508 e. The van der Waals surface area contributed by atoms with E-state index in [0.717, 1.165) is 0 Å². The van der Waals surface area contributed by atoms with Crippen LogP contribution in [0, 0.1) is 0 Å². The molecule has 118 valence electrons. The average molecular weight is 333 g/mol. The molecule has 0 spiro atoms. The lowest BCUT2D eigenvalue weighted by molar-refractivity contribution is 0.441. The molecule has 8 heteroatoms. The lowest BCUT2D eigenvalue weighted by Crippen LogP contribution is -2.21. The summed E-state index contributed by atoms with van der Waals surface area (Å²) in [6.07, 6.45) is 2.87. The number of nitrogens with one attached hydrogen (secondary N) is 1. The number of hydrogen-bond donors (Lipinski definition) is 4. The van der Waals surface area contributed by atoms with Crippen LogP contribution in [0.3, 0.4) is 0 Å². The van der Waals surface area contributed by atoms with Gasteiger partial charge >= 0.3 is 0 Å². The van der Waals surface area contributed by atoms with Gasteiger partial charge in [0.1, 0.15) is 29.9 Å². The molecule has 3 aromatic rings. The van der Waals surface area contributed by atoms with Gasteiger partial charge in [0.05, 0.1) is 6.04 Å². The summed E-state index contributed by atoms with van der Waals surface area (Å²) >= 11 is 6.02. The molecule has 2 aromatic carbocycles. The molecule has 1 unspecified atom stereocenters. The van der Waals surface area contributed by atoms with Gasteiger partial charge in [0.15, 0.2) is 0 Å². The molecule has 23 heavy (non-hydrogen) atoms. The maximum Gasteiger partial charge on any atom is 0.138 e. The fraction of sp³-hybridized carbons (Fsp3) is 0.0667. The van der Waals surface area contributed by atoms with Gasteiger partial charge in [-0.2, -0.15) is 0 Å². The standard InChI is InChI=1S/C15H13ClN4O3/c16-9-1-4-13(22)12(5-9)15(19-20-7-17-18-8-20)11-3-2-10(21)6-14(11)23/h1-8,15,19,21-23H. The van der Waals surface area contributed by atoms with Crippen molar-refractivity contribution in [3.63, 3.8) is 0 Å². The first-order chi connectivity index (χ1) is 11.0. The maximum absolute atomic E-state index is 10.2. The molecule has 7 nitrogen and oxygen atoms in total. The minimum atomic E-state index is -0.648. The smallest absolute Gasteiger partial charge is 0.138 e. The van der Waals surface area contributed by atoms with Gasteiger partial charge < -0.3 is 20.7 Å². The summed E-state index contributed by atoms with van der Waals surface area (Å²) in [6.45, 7) is 0. The van der Waals surface area contributed by atoms with Crippen molar-refractivity contribution in [1.29, 1.82) is 0 Å². The van der Waals surface area contributed by atoms with E-state index in [1.165, 1.54) is 35.5 Å². The molecule has 0 saturated carbocycles. The second-order valence-electron chi connectivity index (χ2n) is 4.88. The van der Waals surface area contributed by atoms with E-state index in [4.69, 9.17) is 11.6 Å². The van der Waals surface area contributed by atoms with Crippen molar-refractivity contribution in [2.24, 2.45) is 0 Å². The van der Waals surface area contributed by atoms with Crippen molar-refractivity contribution < 1.29 is 15.3 Å². The quantitative estimate of drug-likeness (QED) is 0.585. The van der Waals surface area contributed by atoms with Crippen LogP contribution < -0.4 is 5.43 Å². The van der Waals surface area contributed by atoms with Crippen molar-refractivity contribution in [1.82, 2.24) is 14.9 Å². The van der Waals surface area contributed by atoms with E-state index >= 15 is 0 Å². The minimum absolute atomic E-state index is 0.00690. The first-order valence-corrected chi connectivity index (χ1v) is 7.04. The van der Waals surface area contributed by atoms with Crippen molar-refractivity contribution in [2.75, 3.05) is 5.43 Å². The van der Waals surface area contributed by atoms with Crippen LogP contribution in [0.1, 0.15) is 17.2 Å². The van der Waals surface area contributed by atoms with Crippen LogP contribution in [0.5, 0.6) is 17.2 Å². The average Bonchev–Trinajstić information content (AvgIpc) is 3.01. The van der Waals surface area contributed by atoms with Crippen molar-refractivity contribution in [3.05, 3.63) is 65.2 Å². The molecule has 0 aliphatic rings. The third kappa shape index (κ3) is 3.14. The highest BCUT2D eigenvalue weighted by Gasteiger charge is 2.22. The summed E-state index contributed by atoms with van der Waals surface area (Å²) in [7, 11) is 0. The number of phenols is 3. The molecule has 0 aliphatic carbocycles. The maximum atomic E-state index is 10.2. The number of rotatable bonds is 4. The molecule has 0 radical (unpaired) electrons. The second kappa shape index (κ2) is 6.05. The normalized spacial score (nSPS) is 12.0. The zero-order valence-electron chi connectivity index (χ0n) is 11.8. The molecule has 0 bridgehead atoms. The van der Waals surface area contributed by atoms with E-state index in [0.29, 0.717) is 16.1 Å². The SMILES string of the molecule is Oc1ccc(C(Nn2cnnc2)c2cc(Cl)ccc2O)c(O)c1. The van der Waals surface area contributed by atoms with Crippen molar-refractivity contribution in [3.8, 4) is 17.2 Å². The third-order valence-corrected chi connectivity index (χ3v) is 3.56. The van der Waals surface area contributed by atoms with Crippen LogP contribution in [0.2, 0.25) is 5.02 Å². The summed E-state index contributed by atoms with van der Waals surface area (Å²) in [5.41, 5.74) is 3.94. The highest BCUT2D eigenvalue weighted by atomic mass is 35.5. The number of halogens is 1.